The molecule has 1 saturated heterocycles. The van der Waals surface area contributed by atoms with E-state index in [9.17, 15) is 10.1 Å². The lowest BCUT2D eigenvalue weighted by atomic mass is 9.78. The molecule has 1 aromatic heterocycles. The van der Waals surface area contributed by atoms with E-state index in [-0.39, 0.29) is 10.6 Å². The largest absolute Gasteiger partial charge is 0.348 e. The number of anilines is 2. The average Bonchev–Trinajstić information content (AvgIpc) is 2.53. The van der Waals surface area contributed by atoms with Gasteiger partial charge in [-0.3, -0.25) is 10.1 Å². The van der Waals surface area contributed by atoms with Gasteiger partial charge in [0.05, 0.1) is 4.92 Å². The molecule has 2 fully saturated rings. The van der Waals surface area contributed by atoms with Crippen LogP contribution in [0.25, 0.3) is 0 Å². The van der Waals surface area contributed by atoms with Gasteiger partial charge in [0.1, 0.15) is 5.82 Å². The summed E-state index contributed by atoms with van der Waals surface area (Å²) in [6.07, 6.45) is 7.09. The number of nitro groups is 1. The monoisotopic (exact) mass is 291 g/mol. The Morgan fingerprint density at radius 1 is 1.29 bits per heavy atom. The molecule has 2 heterocycles. The van der Waals surface area contributed by atoms with E-state index in [0.29, 0.717) is 23.6 Å². The predicted octanol–water partition coefficient (Wildman–Crippen LogP) is 2.43. The minimum Gasteiger partial charge on any atom is -0.348 e. The molecule has 3 N–H and O–H groups in total. The van der Waals surface area contributed by atoms with Crippen LogP contribution in [0.1, 0.15) is 38.5 Å². The first kappa shape index (κ1) is 14.1. The molecule has 2 unspecified atom stereocenters. The first-order chi connectivity index (χ1) is 10.2. The van der Waals surface area contributed by atoms with Gasteiger partial charge in [0.2, 0.25) is 5.82 Å². The highest BCUT2D eigenvalue weighted by molar-refractivity contribution is 5.62. The molecule has 0 bridgehead atoms. The quantitative estimate of drug-likeness (QED) is 0.504. The Labute approximate surface area is 123 Å². The Balaban J connectivity index is 1.98. The molecular weight excluding hydrogens is 270 g/mol. The fourth-order valence-corrected chi connectivity index (χ4v) is 3.76. The normalized spacial score (nSPS) is 25.3. The number of nitrogens with two attached hydrogens (primary N) is 1. The molecule has 1 aromatic rings. The zero-order valence-corrected chi connectivity index (χ0v) is 12.0. The van der Waals surface area contributed by atoms with E-state index in [4.69, 9.17) is 5.84 Å². The van der Waals surface area contributed by atoms with Crippen LogP contribution in [0, 0.1) is 16.0 Å². The zero-order chi connectivity index (χ0) is 14.8. The molecule has 3 rings (SSSR count). The molecule has 7 nitrogen and oxygen atoms in total. The molecule has 0 aromatic carbocycles. The minimum absolute atomic E-state index is 0.0697. The van der Waals surface area contributed by atoms with Crippen molar-refractivity contribution >= 4 is 17.3 Å². The van der Waals surface area contributed by atoms with E-state index in [2.05, 4.69) is 15.3 Å². The lowest BCUT2D eigenvalue weighted by Gasteiger charge is -2.44. The zero-order valence-electron chi connectivity index (χ0n) is 12.0. The molecule has 114 valence electrons. The second-order valence-electron chi connectivity index (χ2n) is 5.89. The van der Waals surface area contributed by atoms with Crippen LogP contribution < -0.4 is 16.2 Å². The van der Waals surface area contributed by atoms with Crippen LogP contribution in [0.2, 0.25) is 0 Å². The van der Waals surface area contributed by atoms with Crippen LogP contribution in [0.4, 0.5) is 17.3 Å². The summed E-state index contributed by atoms with van der Waals surface area (Å²) in [4.78, 5) is 17.5. The highest BCUT2D eigenvalue weighted by atomic mass is 16.6. The van der Waals surface area contributed by atoms with Gasteiger partial charge in [0.15, 0.2) is 0 Å². The summed E-state index contributed by atoms with van der Waals surface area (Å²) in [5, 5.41) is 11.3. The Morgan fingerprint density at radius 3 is 2.81 bits per heavy atom. The van der Waals surface area contributed by atoms with Gasteiger partial charge < -0.3 is 10.3 Å². The number of rotatable bonds is 3. The third kappa shape index (κ3) is 2.65. The Morgan fingerprint density at radius 2 is 2.05 bits per heavy atom. The number of fused-ring (bicyclic) bond motifs is 1. The maximum Gasteiger partial charge on any atom is 0.311 e. The molecule has 1 aliphatic heterocycles. The number of hydrazine groups is 1. The van der Waals surface area contributed by atoms with E-state index in [1.165, 1.54) is 31.7 Å². The van der Waals surface area contributed by atoms with Crippen molar-refractivity contribution < 1.29 is 4.92 Å². The molecule has 2 aliphatic rings. The predicted molar refractivity (Wildman–Crippen MR) is 81.0 cm³/mol. The van der Waals surface area contributed by atoms with Gasteiger partial charge in [-0.25, -0.2) is 10.8 Å². The number of nitrogen functional groups attached to an aromatic ring is 1. The van der Waals surface area contributed by atoms with Crippen LogP contribution >= 0.6 is 0 Å². The van der Waals surface area contributed by atoms with E-state index >= 15 is 0 Å². The van der Waals surface area contributed by atoms with Gasteiger partial charge >= 0.3 is 5.69 Å². The van der Waals surface area contributed by atoms with Crippen molar-refractivity contribution in [1.82, 2.24) is 4.98 Å². The Bertz CT molecular complexity index is 534. The molecule has 0 radical (unpaired) electrons. The smallest absolute Gasteiger partial charge is 0.311 e. The molecule has 1 aliphatic carbocycles. The Kier molecular flexibility index (Phi) is 3.92. The third-order valence-corrected chi connectivity index (χ3v) is 4.71. The van der Waals surface area contributed by atoms with Crippen LogP contribution in [0.15, 0.2) is 12.1 Å². The summed E-state index contributed by atoms with van der Waals surface area (Å²) in [7, 11) is 0. The van der Waals surface area contributed by atoms with Crippen LogP contribution in [0.3, 0.4) is 0 Å². The first-order valence-corrected chi connectivity index (χ1v) is 7.59. The maximum atomic E-state index is 11.3. The Hall–Kier alpha value is -1.89. The molecular formula is C14H21N5O2. The van der Waals surface area contributed by atoms with Crippen molar-refractivity contribution in [3.8, 4) is 0 Å². The molecule has 1 saturated carbocycles. The van der Waals surface area contributed by atoms with Gasteiger partial charge in [-0.15, -0.1) is 0 Å². The van der Waals surface area contributed by atoms with Crippen molar-refractivity contribution in [1.29, 1.82) is 0 Å². The van der Waals surface area contributed by atoms with Crippen molar-refractivity contribution in [2.75, 3.05) is 16.9 Å². The van der Waals surface area contributed by atoms with Crippen molar-refractivity contribution in [3.05, 3.63) is 22.2 Å². The standard InChI is InChI=1S/C14H21N5O2/c15-17-13-8-7-12(19(20)21)14(16-13)18-9-3-5-10-4-1-2-6-11(10)18/h7-8,10-11H,1-6,9,15H2,(H,16,17). The van der Waals surface area contributed by atoms with Gasteiger partial charge in [-0.1, -0.05) is 12.8 Å². The van der Waals surface area contributed by atoms with Crippen molar-refractivity contribution in [2.24, 2.45) is 11.8 Å². The average molecular weight is 291 g/mol. The van der Waals surface area contributed by atoms with Gasteiger partial charge in [0.25, 0.3) is 0 Å². The summed E-state index contributed by atoms with van der Waals surface area (Å²) in [5.74, 6) is 6.98. The molecule has 7 heteroatoms. The second-order valence-corrected chi connectivity index (χ2v) is 5.89. The molecule has 0 spiro atoms. The molecule has 0 amide bonds. The van der Waals surface area contributed by atoms with E-state index in [0.717, 1.165) is 19.4 Å². The summed E-state index contributed by atoms with van der Waals surface area (Å²) in [6.45, 7) is 0.836. The van der Waals surface area contributed by atoms with Gasteiger partial charge in [-0.05, 0) is 37.7 Å². The fourth-order valence-electron chi connectivity index (χ4n) is 3.76. The van der Waals surface area contributed by atoms with E-state index in [1.54, 1.807) is 6.07 Å². The fraction of sp³-hybridized carbons (Fsp3) is 0.643. The van der Waals surface area contributed by atoms with Gasteiger partial charge in [0, 0.05) is 18.7 Å². The summed E-state index contributed by atoms with van der Waals surface area (Å²) in [6, 6.07) is 3.42. The number of hydrogen-bond acceptors (Lipinski definition) is 6. The van der Waals surface area contributed by atoms with E-state index < -0.39 is 0 Å². The number of nitrogens with one attached hydrogen (secondary N) is 1. The highest BCUT2D eigenvalue weighted by Crippen LogP contribution is 2.40. The third-order valence-electron chi connectivity index (χ3n) is 4.71. The number of hydrogen-bond donors (Lipinski definition) is 2. The molecule has 2 atom stereocenters. The van der Waals surface area contributed by atoms with Crippen LogP contribution in [0.5, 0.6) is 0 Å². The minimum atomic E-state index is -0.352. The van der Waals surface area contributed by atoms with Crippen molar-refractivity contribution in [3.63, 3.8) is 0 Å². The van der Waals surface area contributed by atoms with Crippen molar-refractivity contribution in [2.45, 2.75) is 44.6 Å². The van der Waals surface area contributed by atoms with Crippen LogP contribution in [-0.2, 0) is 0 Å². The second kappa shape index (κ2) is 5.85. The SMILES string of the molecule is NNc1ccc([N+](=O)[O-])c(N2CCCC3CCCCC32)n1. The number of nitrogens with zero attached hydrogens (tertiary/aromatic N) is 3. The number of piperidine rings is 1. The van der Waals surface area contributed by atoms with E-state index in [1.807, 2.05) is 0 Å². The topological polar surface area (TPSA) is 97.3 Å². The lowest BCUT2D eigenvalue weighted by Crippen LogP contribution is -2.47. The first-order valence-electron chi connectivity index (χ1n) is 7.59. The maximum absolute atomic E-state index is 11.3. The van der Waals surface area contributed by atoms with Crippen LogP contribution in [-0.4, -0.2) is 22.5 Å². The lowest BCUT2D eigenvalue weighted by molar-refractivity contribution is -0.384. The van der Waals surface area contributed by atoms with Gasteiger partial charge in [-0.2, -0.15) is 0 Å². The summed E-state index contributed by atoms with van der Waals surface area (Å²) in [5.41, 5.74) is 2.55. The molecule has 21 heavy (non-hydrogen) atoms. The number of pyridine rings is 1. The highest BCUT2D eigenvalue weighted by Gasteiger charge is 2.36. The summed E-state index contributed by atoms with van der Waals surface area (Å²) >= 11 is 0. The number of aromatic nitrogens is 1. The summed E-state index contributed by atoms with van der Waals surface area (Å²) < 4.78 is 0.